The molecule has 0 radical (unpaired) electrons. The highest BCUT2D eigenvalue weighted by Gasteiger charge is 2.17. The fraction of sp³-hybridized carbons (Fsp3) is 0.667. The molecule has 0 bridgehead atoms. The zero-order valence-corrected chi connectivity index (χ0v) is 14.2. The van der Waals surface area contributed by atoms with Crippen LogP contribution < -0.4 is 10.6 Å². The van der Waals surface area contributed by atoms with Gasteiger partial charge in [-0.3, -0.25) is 0 Å². The topological polar surface area (TPSA) is 57.8 Å². The molecule has 1 aromatic heterocycles. The highest BCUT2D eigenvalue weighted by Crippen LogP contribution is 2.19. The fourth-order valence-corrected chi connectivity index (χ4v) is 3.36. The summed E-state index contributed by atoms with van der Waals surface area (Å²) in [5, 5.41) is 0. The van der Waals surface area contributed by atoms with Crippen molar-refractivity contribution < 1.29 is 0 Å². The molecule has 0 saturated carbocycles. The standard InChI is InChI=1S/C18H29N5/c1-15-6-11-23(12-7-15)18(19)21-14-16-5-8-20-17(13-16)22-9-3-2-4-10-22/h5,8,13,15H,2-4,6-7,9-12,14H2,1H3,(H2,19,21). The molecule has 2 N–H and O–H groups in total. The normalized spacial score (nSPS) is 20.8. The molecule has 0 unspecified atom stereocenters. The monoisotopic (exact) mass is 315 g/mol. The molecule has 2 saturated heterocycles. The highest BCUT2D eigenvalue weighted by atomic mass is 15.3. The summed E-state index contributed by atoms with van der Waals surface area (Å²) in [6.45, 7) is 7.25. The SMILES string of the molecule is CC1CCN(C(N)=NCc2ccnc(N3CCCCC3)c2)CC1. The lowest BCUT2D eigenvalue weighted by Gasteiger charge is -2.31. The van der Waals surface area contributed by atoms with E-state index in [9.17, 15) is 0 Å². The van der Waals surface area contributed by atoms with Crippen molar-refractivity contribution in [2.75, 3.05) is 31.1 Å². The molecule has 2 fully saturated rings. The van der Waals surface area contributed by atoms with Crippen molar-refractivity contribution >= 4 is 11.8 Å². The van der Waals surface area contributed by atoms with Crippen LogP contribution in [0.1, 0.15) is 44.6 Å². The number of likely N-dealkylation sites (tertiary alicyclic amines) is 1. The van der Waals surface area contributed by atoms with Crippen molar-refractivity contribution in [2.45, 2.75) is 45.6 Å². The van der Waals surface area contributed by atoms with Gasteiger partial charge in [0, 0.05) is 32.4 Å². The van der Waals surface area contributed by atoms with Gasteiger partial charge in [0.2, 0.25) is 0 Å². The molecule has 0 spiro atoms. The first-order valence-corrected chi connectivity index (χ1v) is 8.97. The van der Waals surface area contributed by atoms with Crippen LogP contribution in [-0.4, -0.2) is 42.0 Å². The maximum Gasteiger partial charge on any atom is 0.191 e. The summed E-state index contributed by atoms with van der Waals surface area (Å²) in [4.78, 5) is 13.7. The second kappa shape index (κ2) is 7.66. The van der Waals surface area contributed by atoms with Crippen LogP contribution in [-0.2, 0) is 6.54 Å². The Hall–Kier alpha value is -1.78. The van der Waals surface area contributed by atoms with E-state index in [0.717, 1.165) is 37.9 Å². The van der Waals surface area contributed by atoms with E-state index in [1.807, 2.05) is 12.3 Å². The zero-order chi connectivity index (χ0) is 16.1. The van der Waals surface area contributed by atoms with Crippen molar-refractivity contribution in [3.8, 4) is 0 Å². The van der Waals surface area contributed by atoms with Crippen LogP contribution in [0.5, 0.6) is 0 Å². The Morgan fingerprint density at radius 3 is 2.70 bits per heavy atom. The maximum absolute atomic E-state index is 6.17. The van der Waals surface area contributed by atoms with Crippen molar-refractivity contribution in [2.24, 2.45) is 16.6 Å². The molecule has 0 aromatic carbocycles. The highest BCUT2D eigenvalue weighted by molar-refractivity contribution is 5.78. The lowest BCUT2D eigenvalue weighted by Crippen LogP contribution is -2.42. The third kappa shape index (κ3) is 4.36. The van der Waals surface area contributed by atoms with Gasteiger partial charge in [-0.05, 0) is 55.7 Å². The second-order valence-corrected chi connectivity index (χ2v) is 6.91. The number of anilines is 1. The Morgan fingerprint density at radius 1 is 1.22 bits per heavy atom. The van der Waals surface area contributed by atoms with Crippen LogP contribution in [0.2, 0.25) is 0 Å². The lowest BCUT2D eigenvalue weighted by molar-refractivity contribution is 0.277. The number of hydrogen-bond acceptors (Lipinski definition) is 3. The van der Waals surface area contributed by atoms with E-state index in [4.69, 9.17) is 5.73 Å². The minimum absolute atomic E-state index is 0.640. The average Bonchev–Trinajstić information content (AvgIpc) is 2.61. The number of nitrogens with two attached hydrogens (primary N) is 1. The van der Waals surface area contributed by atoms with E-state index < -0.39 is 0 Å². The van der Waals surface area contributed by atoms with Gasteiger partial charge in [0.05, 0.1) is 6.54 Å². The summed E-state index contributed by atoms with van der Waals surface area (Å²) in [6, 6.07) is 4.21. The number of nitrogens with zero attached hydrogens (tertiary/aromatic N) is 4. The fourth-order valence-electron chi connectivity index (χ4n) is 3.36. The molecule has 3 rings (SSSR count). The number of guanidine groups is 1. The smallest absolute Gasteiger partial charge is 0.191 e. The van der Waals surface area contributed by atoms with Crippen molar-refractivity contribution in [1.82, 2.24) is 9.88 Å². The van der Waals surface area contributed by atoms with Crippen molar-refractivity contribution in [3.05, 3.63) is 23.9 Å². The summed E-state index contributed by atoms with van der Waals surface area (Å²) in [5.41, 5.74) is 7.36. The number of hydrogen-bond donors (Lipinski definition) is 1. The van der Waals surface area contributed by atoms with Gasteiger partial charge >= 0.3 is 0 Å². The lowest BCUT2D eigenvalue weighted by atomic mass is 10.00. The van der Waals surface area contributed by atoms with Gasteiger partial charge in [0.1, 0.15) is 5.82 Å². The third-order valence-corrected chi connectivity index (χ3v) is 5.02. The minimum Gasteiger partial charge on any atom is -0.370 e. The predicted octanol–water partition coefficient (Wildman–Crippen LogP) is 2.62. The van der Waals surface area contributed by atoms with Gasteiger partial charge in [-0.1, -0.05) is 6.92 Å². The molecule has 23 heavy (non-hydrogen) atoms. The first kappa shape index (κ1) is 16.1. The van der Waals surface area contributed by atoms with E-state index >= 15 is 0 Å². The van der Waals surface area contributed by atoms with Crippen LogP contribution in [0.4, 0.5) is 5.82 Å². The van der Waals surface area contributed by atoms with E-state index in [2.05, 4.69) is 32.8 Å². The molecule has 2 aliphatic rings. The summed E-state index contributed by atoms with van der Waals surface area (Å²) in [5.74, 6) is 2.59. The van der Waals surface area contributed by atoms with Crippen LogP contribution in [0.15, 0.2) is 23.3 Å². The molecule has 5 heteroatoms. The summed E-state index contributed by atoms with van der Waals surface area (Å²) in [6.07, 6.45) is 8.20. The van der Waals surface area contributed by atoms with E-state index in [0.29, 0.717) is 12.5 Å². The number of aromatic nitrogens is 1. The van der Waals surface area contributed by atoms with Gasteiger partial charge < -0.3 is 15.5 Å². The van der Waals surface area contributed by atoms with E-state index in [1.54, 1.807) is 0 Å². The molecular formula is C18H29N5. The number of piperidine rings is 2. The first-order chi connectivity index (χ1) is 11.2. The Bertz CT molecular complexity index is 528. The largest absolute Gasteiger partial charge is 0.370 e. The van der Waals surface area contributed by atoms with Gasteiger partial charge in [-0.2, -0.15) is 0 Å². The molecule has 0 atom stereocenters. The quantitative estimate of drug-likeness (QED) is 0.688. The average molecular weight is 315 g/mol. The molecule has 126 valence electrons. The zero-order valence-electron chi connectivity index (χ0n) is 14.2. The number of pyridine rings is 1. The van der Waals surface area contributed by atoms with Crippen LogP contribution in [0.3, 0.4) is 0 Å². The van der Waals surface area contributed by atoms with Gasteiger partial charge in [-0.25, -0.2) is 9.98 Å². The molecule has 5 nitrogen and oxygen atoms in total. The Morgan fingerprint density at radius 2 is 1.96 bits per heavy atom. The Kier molecular flexibility index (Phi) is 5.36. The van der Waals surface area contributed by atoms with Crippen LogP contribution in [0.25, 0.3) is 0 Å². The van der Waals surface area contributed by atoms with Gasteiger partial charge in [0.25, 0.3) is 0 Å². The number of aliphatic imine (C=N–C) groups is 1. The molecule has 0 amide bonds. The van der Waals surface area contributed by atoms with Crippen LogP contribution in [0, 0.1) is 5.92 Å². The summed E-state index contributed by atoms with van der Waals surface area (Å²) in [7, 11) is 0. The second-order valence-electron chi connectivity index (χ2n) is 6.91. The first-order valence-electron chi connectivity index (χ1n) is 8.97. The van der Waals surface area contributed by atoms with E-state index in [-0.39, 0.29) is 0 Å². The Balaban J connectivity index is 1.60. The molecule has 3 heterocycles. The molecule has 0 aliphatic carbocycles. The minimum atomic E-state index is 0.640. The maximum atomic E-state index is 6.17. The van der Waals surface area contributed by atoms with Crippen molar-refractivity contribution in [3.63, 3.8) is 0 Å². The summed E-state index contributed by atoms with van der Waals surface area (Å²) < 4.78 is 0. The van der Waals surface area contributed by atoms with E-state index in [1.165, 1.54) is 37.7 Å². The van der Waals surface area contributed by atoms with Gasteiger partial charge in [0.15, 0.2) is 5.96 Å². The summed E-state index contributed by atoms with van der Waals surface area (Å²) >= 11 is 0. The molecule has 1 aromatic rings. The third-order valence-electron chi connectivity index (χ3n) is 5.02. The predicted molar refractivity (Wildman–Crippen MR) is 95.6 cm³/mol. The van der Waals surface area contributed by atoms with Gasteiger partial charge in [-0.15, -0.1) is 0 Å². The Labute approximate surface area is 139 Å². The van der Waals surface area contributed by atoms with Crippen LogP contribution >= 0.6 is 0 Å². The van der Waals surface area contributed by atoms with Crippen molar-refractivity contribution in [1.29, 1.82) is 0 Å². The molecular weight excluding hydrogens is 286 g/mol. The molecule has 2 aliphatic heterocycles. The number of rotatable bonds is 3.